The Morgan fingerprint density at radius 3 is 2.76 bits per heavy atom. The van der Waals surface area contributed by atoms with Crippen LogP contribution in [0.2, 0.25) is 0 Å². The molecule has 0 bridgehead atoms. The van der Waals surface area contributed by atoms with Crippen molar-refractivity contribution in [3.8, 4) is 0 Å². The predicted molar refractivity (Wildman–Crippen MR) is 78.3 cm³/mol. The molecule has 0 aliphatic carbocycles. The van der Waals surface area contributed by atoms with Crippen molar-refractivity contribution >= 4 is 27.3 Å². The van der Waals surface area contributed by atoms with Gasteiger partial charge in [-0.2, -0.15) is 0 Å². The van der Waals surface area contributed by atoms with Gasteiger partial charge in [0.2, 0.25) is 0 Å². The highest BCUT2D eigenvalue weighted by atomic mass is 79.9. The third kappa shape index (κ3) is 3.39. The number of thiazole rings is 1. The first kappa shape index (κ1) is 12.8. The van der Waals surface area contributed by atoms with Crippen LogP contribution in [0.3, 0.4) is 0 Å². The molecule has 0 amide bonds. The maximum atomic E-state index is 4.32. The average Bonchev–Trinajstić information content (AvgIpc) is 2.72. The second-order valence-electron chi connectivity index (χ2n) is 4.32. The van der Waals surface area contributed by atoms with Gasteiger partial charge in [0.25, 0.3) is 0 Å². The molecule has 2 aromatic rings. The highest BCUT2D eigenvalue weighted by Crippen LogP contribution is 2.26. The lowest BCUT2D eigenvalue weighted by molar-refractivity contribution is 0.783. The Hall–Kier alpha value is -0.670. The Kier molecular flexibility index (Phi) is 4.35. The van der Waals surface area contributed by atoms with Crippen LogP contribution in [-0.2, 0) is 6.42 Å². The summed E-state index contributed by atoms with van der Waals surface area (Å²) in [7, 11) is 0. The van der Waals surface area contributed by atoms with Gasteiger partial charge in [-0.05, 0) is 31.7 Å². The van der Waals surface area contributed by atoms with E-state index in [1.54, 1.807) is 11.3 Å². The molecule has 1 atom stereocenters. The fourth-order valence-corrected chi connectivity index (χ4v) is 3.41. The molecule has 1 aromatic carbocycles. The van der Waals surface area contributed by atoms with E-state index in [-0.39, 0.29) is 0 Å². The van der Waals surface area contributed by atoms with Gasteiger partial charge in [-0.15, -0.1) is 11.3 Å². The van der Waals surface area contributed by atoms with Crippen LogP contribution in [0.1, 0.15) is 26.9 Å². The molecule has 90 valence electrons. The molecule has 0 aliphatic rings. The molecule has 0 spiro atoms. The molecule has 0 saturated heterocycles. The van der Waals surface area contributed by atoms with Gasteiger partial charge in [0.05, 0.1) is 5.01 Å². The van der Waals surface area contributed by atoms with Gasteiger partial charge in [0.15, 0.2) is 0 Å². The second-order valence-corrected chi connectivity index (χ2v) is 6.28. The van der Waals surface area contributed by atoms with Crippen molar-refractivity contribution in [1.29, 1.82) is 0 Å². The highest BCUT2D eigenvalue weighted by Gasteiger charge is 2.12. The fourth-order valence-electron chi connectivity index (χ4n) is 1.93. The third-order valence-corrected chi connectivity index (χ3v) is 4.53. The number of nitrogens with zero attached hydrogens (tertiary/aromatic N) is 1. The van der Waals surface area contributed by atoms with E-state index >= 15 is 0 Å². The van der Waals surface area contributed by atoms with Crippen LogP contribution in [0.25, 0.3) is 0 Å². The Morgan fingerprint density at radius 1 is 1.35 bits per heavy atom. The third-order valence-electron chi connectivity index (χ3n) is 2.82. The lowest BCUT2D eigenvalue weighted by atomic mass is 9.96. The zero-order chi connectivity index (χ0) is 12.3. The van der Waals surface area contributed by atoms with Gasteiger partial charge < -0.3 is 0 Å². The Morgan fingerprint density at radius 2 is 2.18 bits per heavy atom. The van der Waals surface area contributed by atoms with Crippen LogP contribution in [0.15, 0.2) is 30.5 Å². The summed E-state index contributed by atoms with van der Waals surface area (Å²) >= 11 is 5.42. The van der Waals surface area contributed by atoms with Crippen molar-refractivity contribution < 1.29 is 0 Å². The maximum absolute atomic E-state index is 4.32. The van der Waals surface area contributed by atoms with Crippen LogP contribution < -0.4 is 0 Å². The molecule has 0 fully saturated rings. The van der Waals surface area contributed by atoms with Crippen molar-refractivity contribution in [3.63, 3.8) is 0 Å². The van der Waals surface area contributed by atoms with E-state index in [1.807, 2.05) is 6.20 Å². The average molecular weight is 310 g/mol. The molecule has 1 aromatic heterocycles. The maximum Gasteiger partial charge on any atom is 0.0896 e. The van der Waals surface area contributed by atoms with Crippen LogP contribution >= 0.6 is 27.3 Å². The van der Waals surface area contributed by atoms with Crippen molar-refractivity contribution in [1.82, 2.24) is 4.98 Å². The quantitative estimate of drug-likeness (QED) is 0.759. The van der Waals surface area contributed by atoms with Gasteiger partial charge >= 0.3 is 0 Å². The molecule has 0 radical (unpaired) electrons. The van der Waals surface area contributed by atoms with E-state index < -0.39 is 0 Å². The minimum absolute atomic E-state index is 0.537. The van der Waals surface area contributed by atoms with E-state index in [2.05, 4.69) is 59.0 Å². The van der Waals surface area contributed by atoms with Gasteiger partial charge in [0.1, 0.15) is 0 Å². The Balaban J connectivity index is 2.16. The number of aromatic nitrogens is 1. The zero-order valence-corrected chi connectivity index (χ0v) is 12.5. The van der Waals surface area contributed by atoms with Gasteiger partial charge in [0, 0.05) is 16.4 Å². The topological polar surface area (TPSA) is 12.9 Å². The molecule has 0 saturated carbocycles. The first-order valence-electron chi connectivity index (χ1n) is 5.73. The Bertz CT molecular complexity index is 492. The van der Waals surface area contributed by atoms with Crippen LogP contribution in [0, 0.1) is 13.8 Å². The first-order chi connectivity index (χ1) is 8.19. The van der Waals surface area contributed by atoms with E-state index in [1.165, 1.54) is 16.0 Å². The number of benzene rings is 1. The molecule has 3 heteroatoms. The van der Waals surface area contributed by atoms with E-state index in [0.717, 1.165) is 16.8 Å². The summed E-state index contributed by atoms with van der Waals surface area (Å²) in [6, 6.07) is 8.77. The number of hydrogen-bond acceptors (Lipinski definition) is 2. The molecule has 17 heavy (non-hydrogen) atoms. The summed E-state index contributed by atoms with van der Waals surface area (Å²) in [6.07, 6.45) is 3.08. The number of aryl methyl sites for hydroxylation is 2. The summed E-state index contributed by atoms with van der Waals surface area (Å²) < 4.78 is 0. The lowest BCUT2D eigenvalue weighted by Gasteiger charge is -2.13. The van der Waals surface area contributed by atoms with E-state index in [9.17, 15) is 0 Å². The number of halogens is 1. The van der Waals surface area contributed by atoms with Crippen molar-refractivity contribution in [2.24, 2.45) is 0 Å². The van der Waals surface area contributed by atoms with Gasteiger partial charge in [-0.1, -0.05) is 45.8 Å². The molecule has 0 aliphatic heterocycles. The van der Waals surface area contributed by atoms with Crippen molar-refractivity contribution in [2.75, 3.05) is 5.33 Å². The summed E-state index contributed by atoms with van der Waals surface area (Å²) in [5.74, 6) is 0.537. The standard InChI is InChI=1S/C14H16BrNS/c1-10-4-3-5-12(6-10)13(8-15)7-14-9-16-11(2)17-14/h3-6,9,13H,7-8H2,1-2H3. The molecular formula is C14H16BrNS. The Labute approximate surface area is 115 Å². The highest BCUT2D eigenvalue weighted by molar-refractivity contribution is 9.09. The number of rotatable bonds is 4. The van der Waals surface area contributed by atoms with Crippen LogP contribution in [0.4, 0.5) is 0 Å². The molecule has 2 rings (SSSR count). The number of alkyl halides is 1. The van der Waals surface area contributed by atoms with Crippen LogP contribution in [-0.4, -0.2) is 10.3 Å². The molecular weight excluding hydrogens is 294 g/mol. The second kappa shape index (κ2) is 5.78. The van der Waals surface area contributed by atoms with Crippen molar-refractivity contribution in [2.45, 2.75) is 26.2 Å². The van der Waals surface area contributed by atoms with Crippen LogP contribution in [0.5, 0.6) is 0 Å². The van der Waals surface area contributed by atoms with Crippen molar-refractivity contribution in [3.05, 3.63) is 51.5 Å². The molecule has 1 nitrogen and oxygen atoms in total. The summed E-state index contributed by atoms with van der Waals surface area (Å²) in [5, 5.41) is 2.14. The van der Waals surface area contributed by atoms with Gasteiger partial charge in [-0.25, -0.2) is 4.98 Å². The van der Waals surface area contributed by atoms with E-state index in [4.69, 9.17) is 0 Å². The molecule has 1 heterocycles. The summed E-state index contributed by atoms with van der Waals surface area (Å²) in [5.41, 5.74) is 2.74. The minimum Gasteiger partial charge on any atom is -0.250 e. The largest absolute Gasteiger partial charge is 0.250 e. The van der Waals surface area contributed by atoms with E-state index in [0.29, 0.717) is 5.92 Å². The smallest absolute Gasteiger partial charge is 0.0896 e. The minimum atomic E-state index is 0.537. The lowest BCUT2D eigenvalue weighted by Crippen LogP contribution is -2.03. The molecule has 1 unspecified atom stereocenters. The first-order valence-corrected chi connectivity index (χ1v) is 7.66. The number of hydrogen-bond donors (Lipinski definition) is 0. The monoisotopic (exact) mass is 309 g/mol. The summed E-state index contributed by atoms with van der Waals surface area (Å²) in [4.78, 5) is 5.69. The SMILES string of the molecule is Cc1cccc(C(CBr)Cc2cnc(C)s2)c1. The molecule has 0 N–H and O–H groups in total. The fraction of sp³-hybridized carbons (Fsp3) is 0.357. The zero-order valence-electron chi connectivity index (χ0n) is 10.1. The predicted octanol–water partition coefficient (Wildman–Crippen LogP) is 4.48. The summed E-state index contributed by atoms with van der Waals surface area (Å²) in [6.45, 7) is 4.20. The normalized spacial score (nSPS) is 12.6. The van der Waals surface area contributed by atoms with Gasteiger partial charge in [-0.3, -0.25) is 0 Å².